The Labute approximate surface area is 124 Å². The first-order valence-corrected chi connectivity index (χ1v) is 7.41. The van der Waals surface area contributed by atoms with E-state index in [1.54, 1.807) is 19.1 Å². The van der Waals surface area contributed by atoms with Crippen molar-refractivity contribution in [2.45, 2.75) is 38.3 Å². The Morgan fingerprint density at radius 3 is 2.95 bits per heavy atom. The second-order valence-electron chi connectivity index (χ2n) is 5.23. The second kappa shape index (κ2) is 6.95. The lowest BCUT2D eigenvalue weighted by Gasteiger charge is -2.22. The molecular formula is C15H21ClN2O2. The number of hydrogen-bond donors (Lipinski definition) is 2. The molecule has 1 amide bonds. The quantitative estimate of drug-likeness (QED) is 0.876. The molecule has 0 spiro atoms. The highest BCUT2D eigenvalue weighted by Gasteiger charge is 2.29. The third kappa shape index (κ3) is 3.64. The molecule has 20 heavy (non-hydrogen) atoms. The van der Waals surface area contributed by atoms with Crippen molar-refractivity contribution < 1.29 is 9.53 Å². The maximum Gasteiger partial charge on any atom is 0.261 e. The standard InChI is InChI=1S/C15H21ClN2O2/c1-10(20-14-8-3-2-6-12(14)16)15(19)18-13-7-4-5-11(13)9-17/h2-3,6,8,10-11,13H,4-5,7,9,17H2,1H3,(H,18,19). The van der Waals surface area contributed by atoms with Gasteiger partial charge in [-0.15, -0.1) is 0 Å². The molecule has 1 aliphatic rings. The monoisotopic (exact) mass is 296 g/mol. The van der Waals surface area contributed by atoms with Crippen LogP contribution in [0.4, 0.5) is 0 Å². The van der Waals surface area contributed by atoms with Gasteiger partial charge in [-0.3, -0.25) is 4.79 Å². The van der Waals surface area contributed by atoms with Crippen molar-refractivity contribution in [3.8, 4) is 5.75 Å². The molecule has 0 radical (unpaired) electrons. The van der Waals surface area contributed by atoms with Gasteiger partial charge in [0.05, 0.1) is 5.02 Å². The summed E-state index contributed by atoms with van der Waals surface area (Å²) >= 11 is 6.02. The third-order valence-corrected chi connectivity index (χ3v) is 4.11. The first-order chi connectivity index (χ1) is 9.61. The average Bonchev–Trinajstić information content (AvgIpc) is 2.88. The molecule has 0 bridgehead atoms. The van der Waals surface area contributed by atoms with E-state index >= 15 is 0 Å². The Morgan fingerprint density at radius 2 is 2.25 bits per heavy atom. The van der Waals surface area contributed by atoms with E-state index < -0.39 is 6.10 Å². The van der Waals surface area contributed by atoms with Crippen molar-refractivity contribution >= 4 is 17.5 Å². The van der Waals surface area contributed by atoms with E-state index in [1.165, 1.54) is 0 Å². The molecular weight excluding hydrogens is 276 g/mol. The van der Waals surface area contributed by atoms with Gasteiger partial charge >= 0.3 is 0 Å². The lowest BCUT2D eigenvalue weighted by molar-refractivity contribution is -0.128. The minimum atomic E-state index is -0.575. The van der Waals surface area contributed by atoms with Crippen molar-refractivity contribution in [2.24, 2.45) is 11.7 Å². The minimum absolute atomic E-state index is 0.115. The van der Waals surface area contributed by atoms with Gasteiger partial charge in [0.15, 0.2) is 6.10 Å². The zero-order valence-electron chi connectivity index (χ0n) is 11.6. The number of benzene rings is 1. The average molecular weight is 297 g/mol. The van der Waals surface area contributed by atoms with E-state index in [-0.39, 0.29) is 11.9 Å². The summed E-state index contributed by atoms with van der Waals surface area (Å²) in [5.74, 6) is 0.792. The number of carbonyl (C=O) groups excluding carboxylic acids is 1. The van der Waals surface area contributed by atoms with Crippen LogP contribution in [0.2, 0.25) is 5.02 Å². The van der Waals surface area contributed by atoms with Crippen molar-refractivity contribution in [1.29, 1.82) is 0 Å². The fraction of sp³-hybridized carbons (Fsp3) is 0.533. The minimum Gasteiger partial charge on any atom is -0.479 e. The number of nitrogens with two attached hydrogens (primary N) is 1. The molecule has 1 saturated carbocycles. The highest BCUT2D eigenvalue weighted by Crippen LogP contribution is 2.26. The van der Waals surface area contributed by atoms with Gasteiger partial charge in [0.25, 0.3) is 5.91 Å². The van der Waals surface area contributed by atoms with Crippen LogP contribution in [0.5, 0.6) is 5.75 Å². The third-order valence-electron chi connectivity index (χ3n) is 3.80. The predicted octanol–water partition coefficient (Wildman–Crippen LogP) is 2.35. The van der Waals surface area contributed by atoms with Gasteiger partial charge in [0.2, 0.25) is 0 Å². The van der Waals surface area contributed by atoms with Gasteiger partial charge in [-0.05, 0) is 44.4 Å². The first-order valence-electron chi connectivity index (χ1n) is 7.03. The summed E-state index contributed by atoms with van der Waals surface area (Å²) in [6.07, 6.45) is 2.62. The summed E-state index contributed by atoms with van der Waals surface area (Å²) in [7, 11) is 0. The van der Waals surface area contributed by atoms with Gasteiger partial charge < -0.3 is 15.8 Å². The van der Waals surface area contributed by atoms with Gasteiger partial charge in [-0.2, -0.15) is 0 Å². The van der Waals surface area contributed by atoms with Crippen molar-refractivity contribution in [3.05, 3.63) is 29.3 Å². The molecule has 3 unspecified atom stereocenters. The molecule has 1 aliphatic carbocycles. The normalized spacial score (nSPS) is 23.4. The Balaban J connectivity index is 1.91. The smallest absolute Gasteiger partial charge is 0.261 e. The molecule has 5 heteroatoms. The van der Waals surface area contributed by atoms with Crippen LogP contribution >= 0.6 is 11.6 Å². The van der Waals surface area contributed by atoms with Crippen LogP contribution in [0.15, 0.2) is 24.3 Å². The Kier molecular flexibility index (Phi) is 5.26. The lowest BCUT2D eigenvalue weighted by atomic mass is 10.0. The van der Waals surface area contributed by atoms with E-state index in [0.717, 1.165) is 19.3 Å². The summed E-state index contributed by atoms with van der Waals surface area (Å²) in [6.45, 7) is 2.34. The number of rotatable bonds is 5. The largest absolute Gasteiger partial charge is 0.479 e. The maximum atomic E-state index is 12.2. The molecule has 4 nitrogen and oxygen atoms in total. The zero-order chi connectivity index (χ0) is 14.5. The number of ether oxygens (including phenoxy) is 1. The molecule has 2 rings (SSSR count). The van der Waals surface area contributed by atoms with Gasteiger partial charge in [-0.25, -0.2) is 0 Å². The summed E-state index contributed by atoms with van der Waals surface area (Å²) in [5, 5.41) is 3.54. The number of para-hydroxylation sites is 1. The summed E-state index contributed by atoms with van der Waals surface area (Å²) in [5.41, 5.74) is 5.72. The summed E-state index contributed by atoms with van der Waals surface area (Å²) < 4.78 is 5.61. The number of hydrogen-bond acceptors (Lipinski definition) is 3. The first kappa shape index (κ1) is 15.1. The van der Waals surface area contributed by atoms with Crippen molar-refractivity contribution in [3.63, 3.8) is 0 Å². The molecule has 0 aromatic heterocycles. The van der Waals surface area contributed by atoms with Crippen molar-refractivity contribution in [2.75, 3.05) is 6.54 Å². The van der Waals surface area contributed by atoms with Gasteiger partial charge in [-0.1, -0.05) is 30.2 Å². The second-order valence-corrected chi connectivity index (χ2v) is 5.64. The molecule has 3 N–H and O–H groups in total. The van der Waals surface area contributed by atoms with E-state index in [4.69, 9.17) is 22.1 Å². The SMILES string of the molecule is CC(Oc1ccccc1Cl)C(=O)NC1CCCC1CN. The molecule has 0 heterocycles. The Bertz CT molecular complexity index is 467. The zero-order valence-corrected chi connectivity index (χ0v) is 12.4. The number of carbonyl (C=O) groups is 1. The van der Waals surface area contributed by atoms with Gasteiger partial charge in [0.1, 0.15) is 5.75 Å². The van der Waals surface area contributed by atoms with E-state index in [2.05, 4.69) is 5.32 Å². The fourth-order valence-electron chi connectivity index (χ4n) is 2.59. The van der Waals surface area contributed by atoms with Crippen LogP contribution in [0.1, 0.15) is 26.2 Å². The molecule has 1 aromatic rings. The number of amides is 1. The Hall–Kier alpha value is -1.26. The predicted molar refractivity (Wildman–Crippen MR) is 79.9 cm³/mol. The fourth-order valence-corrected chi connectivity index (χ4v) is 2.77. The molecule has 0 aliphatic heterocycles. The van der Waals surface area contributed by atoms with Crippen LogP contribution in [-0.2, 0) is 4.79 Å². The van der Waals surface area contributed by atoms with Crippen LogP contribution in [0.25, 0.3) is 0 Å². The topological polar surface area (TPSA) is 64.3 Å². The Morgan fingerprint density at radius 1 is 1.50 bits per heavy atom. The van der Waals surface area contributed by atoms with E-state index in [9.17, 15) is 4.79 Å². The van der Waals surface area contributed by atoms with Crippen LogP contribution in [-0.4, -0.2) is 24.6 Å². The van der Waals surface area contributed by atoms with Crippen LogP contribution in [0.3, 0.4) is 0 Å². The number of nitrogens with one attached hydrogen (secondary N) is 1. The van der Waals surface area contributed by atoms with Crippen molar-refractivity contribution in [1.82, 2.24) is 5.32 Å². The van der Waals surface area contributed by atoms with Crippen LogP contribution in [0, 0.1) is 5.92 Å². The maximum absolute atomic E-state index is 12.2. The summed E-state index contributed by atoms with van der Waals surface area (Å²) in [6, 6.07) is 7.31. The summed E-state index contributed by atoms with van der Waals surface area (Å²) in [4.78, 5) is 12.2. The van der Waals surface area contributed by atoms with E-state index in [1.807, 2.05) is 12.1 Å². The molecule has 3 atom stereocenters. The van der Waals surface area contributed by atoms with E-state index in [0.29, 0.717) is 23.2 Å². The lowest BCUT2D eigenvalue weighted by Crippen LogP contribution is -2.45. The molecule has 110 valence electrons. The van der Waals surface area contributed by atoms with Crippen LogP contribution < -0.4 is 15.8 Å². The molecule has 0 saturated heterocycles. The highest BCUT2D eigenvalue weighted by atomic mass is 35.5. The molecule has 1 aromatic carbocycles. The highest BCUT2D eigenvalue weighted by molar-refractivity contribution is 6.32. The van der Waals surface area contributed by atoms with Gasteiger partial charge in [0, 0.05) is 6.04 Å². The number of halogens is 1. The molecule has 1 fully saturated rings.